The molecular formula is C10H20N2O2. The molecule has 3 N–H and O–H groups in total. The third-order valence-corrected chi connectivity index (χ3v) is 3.02. The van der Waals surface area contributed by atoms with Crippen LogP contribution in [0.15, 0.2) is 0 Å². The Kier molecular flexibility index (Phi) is 3.50. The van der Waals surface area contributed by atoms with Gasteiger partial charge in [0.15, 0.2) is 0 Å². The number of methoxy groups -OCH3 is 1. The van der Waals surface area contributed by atoms with Crippen molar-refractivity contribution in [2.75, 3.05) is 7.11 Å². The summed E-state index contributed by atoms with van der Waals surface area (Å²) in [6.07, 6.45) is 2.77. The number of nitrogens with one attached hydrogen (secondary N) is 1. The molecule has 1 aliphatic rings. The molecule has 0 spiro atoms. The Morgan fingerprint density at radius 2 is 2.21 bits per heavy atom. The molecule has 1 amide bonds. The van der Waals surface area contributed by atoms with E-state index in [1.54, 1.807) is 14.0 Å². The molecule has 4 nitrogen and oxygen atoms in total. The van der Waals surface area contributed by atoms with Crippen molar-refractivity contribution in [2.24, 2.45) is 5.73 Å². The quantitative estimate of drug-likeness (QED) is 0.690. The Balaban J connectivity index is 2.29. The lowest BCUT2D eigenvalue weighted by Gasteiger charge is -2.36. The highest BCUT2D eigenvalue weighted by Crippen LogP contribution is 2.23. The Morgan fingerprint density at radius 3 is 2.64 bits per heavy atom. The minimum atomic E-state index is -0.738. The first-order valence-corrected chi connectivity index (χ1v) is 5.12. The van der Waals surface area contributed by atoms with E-state index < -0.39 is 5.54 Å². The Bertz CT molecular complexity index is 210. The maximum Gasteiger partial charge on any atom is 0.240 e. The van der Waals surface area contributed by atoms with Crippen molar-refractivity contribution in [3.8, 4) is 0 Å². The monoisotopic (exact) mass is 200 g/mol. The minimum absolute atomic E-state index is 0.0560. The molecule has 1 atom stereocenters. The number of carbonyl (C=O) groups excluding carboxylic acids is 1. The predicted molar refractivity (Wildman–Crippen MR) is 54.8 cm³/mol. The SMILES string of the molecule is CCC(C)(N)C(=O)NC1CC(OC)C1. The lowest BCUT2D eigenvalue weighted by Crippen LogP contribution is -2.57. The molecule has 1 rings (SSSR count). The summed E-state index contributed by atoms with van der Waals surface area (Å²) >= 11 is 0. The predicted octanol–water partition coefficient (Wildman–Crippen LogP) is 0.407. The van der Waals surface area contributed by atoms with Crippen LogP contribution in [0.5, 0.6) is 0 Å². The highest BCUT2D eigenvalue weighted by molar-refractivity contribution is 5.85. The molecule has 0 aromatic carbocycles. The lowest BCUT2D eigenvalue weighted by atomic mass is 9.88. The van der Waals surface area contributed by atoms with Gasteiger partial charge in [0.1, 0.15) is 0 Å². The average Bonchev–Trinajstić information content (AvgIpc) is 2.09. The van der Waals surface area contributed by atoms with Crippen molar-refractivity contribution in [1.29, 1.82) is 0 Å². The summed E-state index contributed by atoms with van der Waals surface area (Å²) in [5, 5.41) is 2.93. The standard InChI is InChI=1S/C10H20N2O2/c1-4-10(2,11)9(13)12-7-5-8(6-7)14-3/h7-8H,4-6,11H2,1-3H3,(H,12,13). The van der Waals surface area contributed by atoms with Gasteiger partial charge in [0.05, 0.1) is 11.6 Å². The zero-order chi connectivity index (χ0) is 10.8. The van der Waals surface area contributed by atoms with Gasteiger partial charge in [-0.3, -0.25) is 4.79 Å². The van der Waals surface area contributed by atoms with Gasteiger partial charge in [0.25, 0.3) is 0 Å². The van der Waals surface area contributed by atoms with Crippen molar-refractivity contribution in [3.63, 3.8) is 0 Å². The molecular weight excluding hydrogens is 180 g/mol. The molecule has 1 fully saturated rings. The van der Waals surface area contributed by atoms with E-state index in [9.17, 15) is 4.79 Å². The molecule has 0 aliphatic heterocycles. The highest BCUT2D eigenvalue weighted by Gasteiger charge is 2.34. The van der Waals surface area contributed by atoms with Gasteiger partial charge in [0.2, 0.25) is 5.91 Å². The first-order chi connectivity index (χ1) is 6.49. The van der Waals surface area contributed by atoms with E-state index in [1.807, 2.05) is 6.92 Å². The summed E-state index contributed by atoms with van der Waals surface area (Å²) in [6, 6.07) is 0.252. The highest BCUT2D eigenvalue weighted by atomic mass is 16.5. The fourth-order valence-corrected chi connectivity index (χ4v) is 1.39. The summed E-state index contributed by atoms with van der Waals surface area (Å²) in [4.78, 5) is 11.6. The van der Waals surface area contributed by atoms with Gasteiger partial charge < -0.3 is 15.8 Å². The van der Waals surface area contributed by atoms with E-state index in [4.69, 9.17) is 10.5 Å². The molecule has 1 aliphatic carbocycles. The number of nitrogens with two attached hydrogens (primary N) is 1. The molecule has 1 unspecified atom stereocenters. The summed E-state index contributed by atoms with van der Waals surface area (Å²) in [7, 11) is 1.70. The average molecular weight is 200 g/mol. The third kappa shape index (κ3) is 2.45. The van der Waals surface area contributed by atoms with Crippen LogP contribution in [0.2, 0.25) is 0 Å². The van der Waals surface area contributed by atoms with Crippen LogP contribution < -0.4 is 11.1 Å². The van der Waals surface area contributed by atoms with E-state index >= 15 is 0 Å². The van der Waals surface area contributed by atoms with Crippen LogP contribution in [0.3, 0.4) is 0 Å². The Hall–Kier alpha value is -0.610. The molecule has 4 heteroatoms. The van der Waals surface area contributed by atoms with Crippen LogP contribution in [0.4, 0.5) is 0 Å². The summed E-state index contributed by atoms with van der Waals surface area (Å²) in [5.41, 5.74) is 5.07. The number of hydrogen-bond donors (Lipinski definition) is 2. The van der Waals surface area contributed by atoms with E-state index in [-0.39, 0.29) is 11.9 Å². The fourth-order valence-electron chi connectivity index (χ4n) is 1.39. The Labute approximate surface area is 85.2 Å². The largest absolute Gasteiger partial charge is 0.381 e. The molecule has 14 heavy (non-hydrogen) atoms. The van der Waals surface area contributed by atoms with Gasteiger partial charge in [-0.2, -0.15) is 0 Å². The Morgan fingerprint density at radius 1 is 1.64 bits per heavy atom. The van der Waals surface area contributed by atoms with Crippen LogP contribution >= 0.6 is 0 Å². The molecule has 0 aromatic rings. The molecule has 1 saturated carbocycles. The van der Waals surface area contributed by atoms with Crippen molar-refractivity contribution in [1.82, 2.24) is 5.32 Å². The second kappa shape index (κ2) is 4.28. The van der Waals surface area contributed by atoms with Gasteiger partial charge in [0, 0.05) is 13.2 Å². The van der Waals surface area contributed by atoms with E-state index in [0.29, 0.717) is 12.5 Å². The molecule has 0 radical (unpaired) electrons. The number of rotatable bonds is 4. The van der Waals surface area contributed by atoms with E-state index in [1.165, 1.54) is 0 Å². The van der Waals surface area contributed by atoms with E-state index in [0.717, 1.165) is 12.8 Å². The van der Waals surface area contributed by atoms with Gasteiger partial charge in [-0.1, -0.05) is 6.92 Å². The molecule has 0 heterocycles. The fraction of sp³-hybridized carbons (Fsp3) is 0.900. The number of ether oxygens (including phenoxy) is 1. The molecule has 0 aromatic heterocycles. The van der Waals surface area contributed by atoms with Crippen LogP contribution in [0.1, 0.15) is 33.1 Å². The van der Waals surface area contributed by atoms with Crippen molar-refractivity contribution < 1.29 is 9.53 Å². The molecule has 82 valence electrons. The summed E-state index contributed by atoms with van der Waals surface area (Å²) in [6.45, 7) is 3.67. The number of carbonyl (C=O) groups is 1. The van der Waals surface area contributed by atoms with Crippen molar-refractivity contribution in [3.05, 3.63) is 0 Å². The van der Waals surface area contributed by atoms with Gasteiger partial charge >= 0.3 is 0 Å². The molecule has 0 saturated heterocycles. The van der Waals surface area contributed by atoms with Crippen LogP contribution in [-0.4, -0.2) is 30.7 Å². The second-order valence-corrected chi connectivity index (χ2v) is 4.27. The molecule has 0 bridgehead atoms. The van der Waals surface area contributed by atoms with Crippen LogP contribution in [0.25, 0.3) is 0 Å². The minimum Gasteiger partial charge on any atom is -0.381 e. The van der Waals surface area contributed by atoms with Crippen LogP contribution in [0, 0.1) is 0 Å². The smallest absolute Gasteiger partial charge is 0.240 e. The van der Waals surface area contributed by atoms with E-state index in [2.05, 4.69) is 5.32 Å². The number of amides is 1. The first kappa shape index (κ1) is 11.5. The van der Waals surface area contributed by atoms with Gasteiger partial charge in [-0.05, 0) is 26.2 Å². The zero-order valence-electron chi connectivity index (χ0n) is 9.17. The third-order valence-electron chi connectivity index (χ3n) is 3.02. The summed E-state index contributed by atoms with van der Waals surface area (Å²) < 4.78 is 5.13. The summed E-state index contributed by atoms with van der Waals surface area (Å²) in [5.74, 6) is -0.0560. The normalized spacial score (nSPS) is 30.3. The van der Waals surface area contributed by atoms with Crippen molar-refractivity contribution in [2.45, 2.75) is 50.8 Å². The topological polar surface area (TPSA) is 64.4 Å². The lowest BCUT2D eigenvalue weighted by molar-refractivity contribution is -0.128. The van der Waals surface area contributed by atoms with Gasteiger partial charge in [-0.25, -0.2) is 0 Å². The maximum atomic E-state index is 11.6. The maximum absolute atomic E-state index is 11.6. The zero-order valence-corrected chi connectivity index (χ0v) is 9.17. The van der Waals surface area contributed by atoms with Crippen LogP contribution in [-0.2, 0) is 9.53 Å². The first-order valence-electron chi connectivity index (χ1n) is 5.12. The second-order valence-electron chi connectivity index (χ2n) is 4.27. The number of hydrogen-bond acceptors (Lipinski definition) is 3. The van der Waals surface area contributed by atoms with Gasteiger partial charge in [-0.15, -0.1) is 0 Å². The van der Waals surface area contributed by atoms with Crippen molar-refractivity contribution >= 4 is 5.91 Å².